The normalized spacial score (nSPS) is 16.9. The van der Waals surface area contributed by atoms with Crippen LogP contribution in [0.15, 0.2) is 34.7 Å². The van der Waals surface area contributed by atoms with Crippen molar-refractivity contribution in [2.24, 2.45) is 0 Å². The Morgan fingerprint density at radius 3 is 2.66 bits per heavy atom. The first-order valence-electron chi connectivity index (χ1n) is 9.82. The molecule has 2 aliphatic rings. The van der Waals surface area contributed by atoms with Crippen molar-refractivity contribution >= 4 is 22.8 Å². The summed E-state index contributed by atoms with van der Waals surface area (Å²) in [5, 5.41) is 5.40. The molecule has 0 atom stereocenters. The van der Waals surface area contributed by atoms with E-state index >= 15 is 0 Å². The third-order valence-electron chi connectivity index (χ3n) is 5.50. The smallest absolute Gasteiger partial charge is 0.274 e. The summed E-state index contributed by atoms with van der Waals surface area (Å²) in [5.74, 6) is 0.630. The second kappa shape index (κ2) is 7.04. The molecule has 1 saturated heterocycles. The minimum Gasteiger partial charge on any atom is -0.461 e. The molecule has 2 aromatic heterocycles. The second-order valence-corrected chi connectivity index (χ2v) is 7.46. The van der Waals surface area contributed by atoms with Crippen LogP contribution in [0.25, 0.3) is 11.0 Å². The minimum atomic E-state index is -0.0797. The standard InChI is InChI=1S/C21H22N4O4/c1-14-11-15-3-2-4-17(19(15)29-14)20(26)24-5-6-25-16(13-24)12-18(22-25)21(27)23-7-9-28-10-8-23/h2-4,11-12H,5-10,13H2,1H3. The molecule has 1 aromatic carbocycles. The van der Waals surface area contributed by atoms with Gasteiger partial charge in [0.15, 0.2) is 5.69 Å². The Kier molecular flexibility index (Phi) is 4.35. The van der Waals surface area contributed by atoms with E-state index in [4.69, 9.17) is 9.15 Å². The molecule has 0 saturated carbocycles. The lowest BCUT2D eigenvalue weighted by atomic mass is 10.1. The van der Waals surface area contributed by atoms with E-state index in [1.165, 1.54) is 0 Å². The van der Waals surface area contributed by atoms with E-state index in [2.05, 4.69) is 5.10 Å². The molecule has 0 bridgehead atoms. The van der Waals surface area contributed by atoms with Crippen molar-refractivity contribution in [1.29, 1.82) is 0 Å². The van der Waals surface area contributed by atoms with Gasteiger partial charge in [-0.25, -0.2) is 0 Å². The number of hydrogen-bond acceptors (Lipinski definition) is 5. The molecule has 0 radical (unpaired) electrons. The van der Waals surface area contributed by atoms with Gasteiger partial charge < -0.3 is 19.0 Å². The molecule has 3 aromatic rings. The van der Waals surface area contributed by atoms with Gasteiger partial charge in [0.25, 0.3) is 11.8 Å². The summed E-state index contributed by atoms with van der Waals surface area (Å²) in [6.45, 7) is 5.66. The van der Waals surface area contributed by atoms with Crippen molar-refractivity contribution in [2.75, 3.05) is 32.8 Å². The number of carbonyl (C=O) groups excluding carboxylic acids is 2. The van der Waals surface area contributed by atoms with Crippen molar-refractivity contribution < 1.29 is 18.7 Å². The average molecular weight is 394 g/mol. The third kappa shape index (κ3) is 3.19. The monoisotopic (exact) mass is 394 g/mol. The fourth-order valence-electron chi connectivity index (χ4n) is 4.00. The van der Waals surface area contributed by atoms with Crippen LogP contribution in [0.5, 0.6) is 0 Å². The number of ether oxygens (including phenoxy) is 1. The van der Waals surface area contributed by atoms with Gasteiger partial charge in [0, 0.05) is 25.0 Å². The van der Waals surface area contributed by atoms with Gasteiger partial charge in [-0.05, 0) is 25.1 Å². The van der Waals surface area contributed by atoms with Crippen molar-refractivity contribution in [3.63, 3.8) is 0 Å². The van der Waals surface area contributed by atoms with Gasteiger partial charge >= 0.3 is 0 Å². The number of furan rings is 1. The van der Waals surface area contributed by atoms with Crippen LogP contribution in [-0.4, -0.2) is 64.2 Å². The highest BCUT2D eigenvalue weighted by atomic mass is 16.5. The zero-order valence-electron chi connectivity index (χ0n) is 16.3. The summed E-state index contributed by atoms with van der Waals surface area (Å²) in [5.41, 5.74) is 2.48. The molecule has 4 heterocycles. The van der Waals surface area contributed by atoms with Crippen molar-refractivity contribution in [1.82, 2.24) is 19.6 Å². The third-order valence-corrected chi connectivity index (χ3v) is 5.50. The highest BCUT2D eigenvalue weighted by Crippen LogP contribution is 2.25. The number of aromatic nitrogens is 2. The largest absolute Gasteiger partial charge is 0.461 e. The number of amides is 2. The quantitative estimate of drug-likeness (QED) is 0.665. The number of carbonyl (C=O) groups is 2. The van der Waals surface area contributed by atoms with Crippen LogP contribution in [0.1, 0.15) is 32.3 Å². The van der Waals surface area contributed by atoms with E-state index in [9.17, 15) is 9.59 Å². The topological polar surface area (TPSA) is 80.8 Å². The zero-order chi connectivity index (χ0) is 20.0. The highest BCUT2D eigenvalue weighted by Gasteiger charge is 2.28. The summed E-state index contributed by atoms with van der Waals surface area (Å²) < 4.78 is 12.9. The molecule has 2 amide bonds. The Labute approximate surface area is 167 Å². The molecule has 29 heavy (non-hydrogen) atoms. The summed E-state index contributed by atoms with van der Waals surface area (Å²) >= 11 is 0. The van der Waals surface area contributed by atoms with Crippen molar-refractivity contribution in [3.05, 3.63) is 53.0 Å². The van der Waals surface area contributed by atoms with Crippen molar-refractivity contribution in [3.8, 4) is 0 Å². The molecule has 1 fully saturated rings. The molecule has 5 rings (SSSR count). The van der Waals surface area contributed by atoms with Crippen molar-refractivity contribution in [2.45, 2.75) is 20.0 Å². The minimum absolute atomic E-state index is 0.0709. The fraction of sp³-hybridized carbons (Fsp3) is 0.381. The predicted molar refractivity (Wildman–Crippen MR) is 105 cm³/mol. The SMILES string of the molecule is Cc1cc2cccc(C(=O)N3CCn4nc(C(=O)N5CCOCC5)cc4C3)c2o1. The molecule has 0 N–H and O–H groups in total. The van der Waals surface area contributed by atoms with Gasteiger partial charge in [-0.15, -0.1) is 0 Å². The Morgan fingerprint density at radius 1 is 1.00 bits per heavy atom. The molecule has 2 aliphatic heterocycles. The Morgan fingerprint density at radius 2 is 1.83 bits per heavy atom. The number of para-hydroxylation sites is 1. The summed E-state index contributed by atoms with van der Waals surface area (Å²) in [6, 6.07) is 9.35. The van der Waals surface area contributed by atoms with Gasteiger partial charge in [0.1, 0.15) is 11.3 Å². The van der Waals surface area contributed by atoms with Gasteiger partial charge in [-0.3, -0.25) is 14.3 Å². The molecule has 8 heteroatoms. The van der Waals surface area contributed by atoms with E-state index in [1.807, 2.05) is 29.8 Å². The van der Waals surface area contributed by atoms with Gasteiger partial charge in [0.2, 0.25) is 0 Å². The Bertz CT molecular complexity index is 1090. The van der Waals surface area contributed by atoms with Crippen LogP contribution >= 0.6 is 0 Å². The van der Waals surface area contributed by atoms with Crippen LogP contribution in [0.3, 0.4) is 0 Å². The molecular formula is C21H22N4O4. The molecule has 0 unspecified atom stereocenters. The maximum Gasteiger partial charge on any atom is 0.274 e. The van der Waals surface area contributed by atoms with E-state index in [0.29, 0.717) is 62.8 Å². The molecule has 0 aliphatic carbocycles. The average Bonchev–Trinajstić information content (AvgIpc) is 3.35. The lowest BCUT2D eigenvalue weighted by molar-refractivity contribution is 0.0298. The first-order chi connectivity index (χ1) is 14.1. The van der Waals surface area contributed by atoms with Gasteiger partial charge in [-0.2, -0.15) is 5.10 Å². The number of morpholine rings is 1. The summed E-state index contributed by atoms with van der Waals surface area (Å²) in [4.78, 5) is 29.4. The first-order valence-corrected chi connectivity index (χ1v) is 9.82. The molecular weight excluding hydrogens is 372 g/mol. The number of nitrogens with zero attached hydrogens (tertiary/aromatic N) is 4. The van der Waals surface area contributed by atoms with Gasteiger partial charge in [-0.1, -0.05) is 12.1 Å². The fourth-order valence-corrected chi connectivity index (χ4v) is 4.00. The summed E-state index contributed by atoms with van der Waals surface area (Å²) in [7, 11) is 0. The first kappa shape index (κ1) is 17.9. The maximum atomic E-state index is 13.2. The molecule has 8 nitrogen and oxygen atoms in total. The lowest BCUT2D eigenvalue weighted by Gasteiger charge is -2.27. The molecule has 150 valence electrons. The summed E-state index contributed by atoms with van der Waals surface area (Å²) in [6.07, 6.45) is 0. The number of fused-ring (bicyclic) bond motifs is 2. The van der Waals surface area contributed by atoms with E-state index in [-0.39, 0.29) is 11.8 Å². The van der Waals surface area contributed by atoms with E-state index in [1.54, 1.807) is 21.9 Å². The Hall–Kier alpha value is -3.13. The Balaban J connectivity index is 1.37. The number of hydrogen-bond donors (Lipinski definition) is 0. The molecule has 0 spiro atoms. The number of aryl methyl sites for hydroxylation is 1. The van der Waals surface area contributed by atoms with E-state index < -0.39 is 0 Å². The highest BCUT2D eigenvalue weighted by molar-refractivity contribution is 6.05. The van der Waals surface area contributed by atoms with Crippen LogP contribution < -0.4 is 0 Å². The second-order valence-electron chi connectivity index (χ2n) is 7.46. The van der Waals surface area contributed by atoms with E-state index in [0.717, 1.165) is 16.8 Å². The zero-order valence-corrected chi connectivity index (χ0v) is 16.3. The van der Waals surface area contributed by atoms with Crippen LogP contribution in [0, 0.1) is 6.92 Å². The van der Waals surface area contributed by atoms with Gasteiger partial charge in [0.05, 0.1) is 37.6 Å². The lowest BCUT2D eigenvalue weighted by Crippen LogP contribution is -2.41. The predicted octanol–water partition coefficient (Wildman–Crippen LogP) is 2.07. The van der Waals surface area contributed by atoms with Crippen LogP contribution in [0.4, 0.5) is 0 Å². The number of benzene rings is 1. The number of rotatable bonds is 2. The van der Waals surface area contributed by atoms with Crippen LogP contribution in [0.2, 0.25) is 0 Å². The van der Waals surface area contributed by atoms with Crippen LogP contribution in [-0.2, 0) is 17.8 Å². The maximum absolute atomic E-state index is 13.2.